The highest BCUT2D eigenvalue weighted by Crippen LogP contribution is 2.27. The summed E-state index contributed by atoms with van der Waals surface area (Å²) in [5.74, 6) is -0.160. The van der Waals surface area contributed by atoms with E-state index in [0.717, 1.165) is 12.8 Å². The molecule has 0 radical (unpaired) electrons. The van der Waals surface area contributed by atoms with Crippen LogP contribution in [0.1, 0.15) is 28.1 Å². The van der Waals surface area contributed by atoms with Crippen LogP contribution >= 0.6 is 11.3 Å². The Bertz CT molecular complexity index is 749. The molecule has 2 aromatic rings. The van der Waals surface area contributed by atoms with Crippen LogP contribution < -0.4 is 16.6 Å². The van der Waals surface area contributed by atoms with Gasteiger partial charge in [-0.25, -0.2) is 4.98 Å². The molecule has 7 heteroatoms. The average molecular weight is 292 g/mol. The van der Waals surface area contributed by atoms with Crippen molar-refractivity contribution in [1.82, 2.24) is 14.9 Å². The zero-order valence-electron chi connectivity index (χ0n) is 11.3. The molecule has 0 saturated heterocycles. The molecule has 3 rings (SSSR count). The number of carbonyl (C=O) groups excluding carboxylic acids is 1. The Morgan fingerprint density at radius 2 is 2.30 bits per heavy atom. The van der Waals surface area contributed by atoms with Crippen molar-refractivity contribution in [3.63, 3.8) is 0 Å². The van der Waals surface area contributed by atoms with Crippen molar-refractivity contribution in [2.24, 2.45) is 12.8 Å². The summed E-state index contributed by atoms with van der Waals surface area (Å²) in [4.78, 5) is 29.8. The number of hydrogen-bond acceptors (Lipinski definition) is 5. The molecule has 6 nitrogen and oxygen atoms in total. The van der Waals surface area contributed by atoms with E-state index in [9.17, 15) is 9.59 Å². The van der Waals surface area contributed by atoms with E-state index < -0.39 is 0 Å². The van der Waals surface area contributed by atoms with Crippen molar-refractivity contribution < 1.29 is 4.79 Å². The molecule has 2 heterocycles. The number of rotatable bonds is 2. The first-order chi connectivity index (χ1) is 9.49. The number of nitrogens with one attached hydrogen (secondary N) is 1. The van der Waals surface area contributed by atoms with Crippen molar-refractivity contribution in [3.8, 4) is 0 Å². The van der Waals surface area contributed by atoms with Crippen LogP contribution in [0.15, 0.2) is 11.1 Å². The normalized spacial score (nSPS) is 21.8. The minimum Gasteiger partial charge on any atom is -0.347 e. The molecule has 20 heavy (non-hydrogen) atoms. The van der Waals surface area contributed by atoms with Crippen molar-refractivity contribution in [2.45, 2.75) is 31.8 Å². The second-order valence-electron chi connectivity index (χ2n) is 5.22. The molecule has 2 aromatic heterocycles. The van der Waals surface area contributed by atoms with Gasteiger partial charge in [0.2, 0.25) is 0 Å². The summed E-state index contributed by atoms with van der Waals surface area (Å²) in [7, 11) is 1.65. The van der Waals surface area contributed by atoms with Crippen molar-refractivity contribution >= 4 is 27.5 Å². The van der Waals surface area contributed by atoms with Gasteiger partial charge in [-0.2, -0.15) is 0 Å². The fourth-order valence-corrected chi connectivity index (χ4v) is 3.41. The van der Waals surface area contributed by atoms with E-state index in [-0.39, 0.29) is 23.6 Å². The van der Waals surface area contributed by atoms with E-state index in [4.69, 9.17) is 5.73 Å². The zero-order chi connectivity index (χ0) is 14.4. The molecule has 1 saturated carbocycles. The van der Waals surface area contributed by atoms with E-state index in [0.29, 0.717) is 20.7 Å². The highest BCUT2D eigenvalue weighted by atomic mass is 32.1. The Kier molecular flexibility index (Phi) is 3.10. The summed E-state index contributed by atoms with van der Waals surface area (Å²) < 4.78 is 1.42. The standard InChI is InChI=1S/C13H16N4O2S/c1-6-9-12(15-5-17(2)13(9)19)20-10(6)11(18)16-8-4-3-7(8)14/h5,7-8H,3-4,14H2,1-2H3,(H,16,18)/t7-,8+/m1/s1. The molecule has 1 aliphatic carbocycles. The van der Waals surface area contributed by atoms with Gasteiger partial charge in [-0.3, -0.25) is 9.59 Å². The van der Waals surface area contributed by atoms with Crippen molar-refractivity contribution in [3.05, 3.63) is 27.1 Å². The van der Waals surface area contributed by atoms with Gasteiger partial charge in [0.25, 0.3) is 11.5 Å². The highest BCUT2D eigenvalue weighted by Gasteiger charge is 2.30. The molecule has 0 bridgehead atoms. The highest BCUT2D eigenvalue weighted by molar-refractivity contribution is 7.20. The van der Waals surface area contributed by atoms with E-state index in [2.05, 4.69) is 10.3 Å². The lowest BCUT2D eigenvalue weighted by molar-refractivity contribution is 0.0909. The SMILES string of the molecule is Cc1c(C(=O)N[C@H]2CC[C@H]2N)sc2ncn(C)c(=O)c12. The Morgan fingerprint density at radius 1 is 1.55 bits per heavy atom. The van der Waals surface area contributed by atoms with Crippen LogP contribution in [-0.2, 0) is 7.05 Å². The average Bonchev–Trinajstić information content (AvgIpc) is 2.76. The van der Waals surface area contributed by atoms with Gasteiger partial charge in [-0.1, -0.05) is 0 Å². The van der Waals surface area contributed by atoms with Gasteiger partial charge in [0, 0.05) is 19.1 Å². The molecule has 1 amide bonds. The minimum atomic E-state index is -0.160. The number of fused-ring (bicyclic) bond motifs is 1. The lowest BCUT2D eigenvalue weighted by atomic mass is 9.87. The van der Waals surface area contributed by atoms with E-state index in [1.54, 1.807) is 14.0 Å². The van der Waals surface area contributed by atoms with Crippen LogP contribution in [-0.4, -0.2) is 27.5 Å². The second-order valence-corrected chi connectivity index (χ2v) is 6.22. The molecule has 1 aliphatic rings. The molecular weight excluding hydrogens is 276 g/mol. The molecular formula is C13H16N4O2S. The third-order valence-corrected chi connectivity index (χ3v) is 5.06. The number of aromatic nitrogens is 2. The number of aryl methyl sites for hydroxylation is 2. The molecule has 106 valence electrons. The third kappa shape index (κ3) is 1.94. The maximum Gasteiger partial charge on any atom is 0.262 e. The fraction of sp³-hybridized carbons (Fsp3) is 0.462. The summed E-state index contributed by atoms with van der Waals surface area (Å²) in [6.45, 7) is 1.79. The Hall–Kier alpha value is -1.73. The van der Waals surface area contributed by atoms with Gasteiger partial charge >= 0.3 is 0 Å². The van der Waals surface area contributed by atoms with E-state index in [1.807, 2.05) is 0 Å². The second kappa shape index (κ2) is 4.68. The zero-order valence-corrected chi connectivity index (χ0v) is 12.2. The van der Waals surface area contributed by atoms with Crippen LogP contribution in [0.25, 0.3) is 10.2 Å². The van der Waals surface area contributed by atoms with Crippen LogP contribution in [0.5, 0.6) is 0 Å². The van der Waals surface area contributed by atoms with Crippen molar-refractivity contribution in [1.29, 1.82) is 0 Å². The van der Waals surface area contributed by atoms with Gasteiger partial charge in [0.05, 0.1) is 16.6 Å². The largest absolute Gasteiger partial charge is 0.347 e. The lowest BCUT2D eigenvalue weighted by Crippen LogP contribution is -2.54. The first-order valence-electron chi connectivity index (χ1n) is 6.50. The first-order valence-corrected chi connectivity index (χ1v) is 7.32. The Labute approximate surface area is 119 Å². The molecule has 2 atom stereocenters. The van der Waals surface area contributed by atoms with Gasteiger partial charge in [-0.05, 0) is 25.3 Å². The summed E-state index contributed by atoms with van der Waals surface area (Å²) in [5.41, 5.74) is 6.41. The van der Waals surface area contributed by atoms with Crippen molar-refractivity contribution in [2.75, 3.05) is 0 Å². The monoisotopic (exact) mass is 292 g/mol. The maximum atomic E-state index is 12.3. The number of nitrogens with zero attached hydrogens (tertiary/aromatic N) is 2. The lowest BCUT2D eigenvalue weighted by Gasteiger charge is -2.33. The number of thiophene rings is 1. The number of amides is 1. The van der Waals surface area contributed by atoms with Gasteiger partial charge in [0.1, 0.15) is 4.83 Å². The predicted molar refractivity (Wildman–Crippen MR) is 78.1 cm³/mol. The first kappa shape index (κ1) is 13.3. The van der Waals surface area contributed by atoms with Gasteiger partial charge < -0.3 is 15.6 Å². The predicted octanol–water partition coefficient (Wildman–Crippen LogP) is 0.523. The fourth-order valence-electron chi connectivity index (χ4n) is 2.36. The van der Waals surface area contributed by atoms with Crippen LogP contribution in [0.3, 0.4) is 0 Å². The summed E-state index contributed by atoms with van der Waals surface area (Å²) in [6, 6.07) is 0.0857. The molecule has 3 N–H and O–H groups in total. The topological polar surface area (TPSA) is 90.0 Å². The number of hydrogen-bond donors (Lipinski definition) is 2. The van der Waals surface area contributed by atoms with Crippen LogP contribution in [0, 0.1) is 6.92 Å². The molecule has 0 aromatic carbocycles. The van der Waals surface area contributed by atoms with Gasteiger partial charge in [-0.15, -0.1) is 11.3 Å². The summed E-state index contributed by atoms with van der Waals surface area (Å²) in [5, 5.41) is 3.46. The molecule has 1 fully saturated rings. The van der Waals surface area contributed by atoms with Gasteiger partial charge in [0.15, 0.2) is 0 Å². The Balaban J connectivity index is 2.00. The quantitative estimate of drug-likeness (QED) is 0.844. The summed E-state index contributed by atoms with van der Waals surface area (Å²) >= 11 is 1.26. The Morgan fingerprint density at radius 3 is 2.90 bits per heavy atom. The molecule has 0 aliphatic heterocycles. The minimum absolute atomic E-state index is 0.0413. The maximum absolute atomic E-state index is 12.3. The number of nitrogens with two attached hydrogens (primary N) is 1. The molecule has 0 spiro atoms. The van der Waals surface area contributed by atoms with E-state index >= 15 is 0 Å². The van der Waals surface area contributed by atoms with Crippen LogP contribution in [0.2, 0.25) is 0 Å². The summed E-state index contributed by atoms with van der Waals surface area (Å²) in [6.07, 6.45) is 3.33. The molecule has 0 unspecified atom stereocenters. The van der Waals surface area contributed by atoms with E-state index in [1.165, 1.54) is 22.2 Å². The third-order valence-electron chi connectivity index (χ3n) is 3.86. The van der Waals surface area contributed by atoms with Crippen LogP contribution in [0.4, 0.5) is 0 Å². The number of carbonyl (C=O) groups is 1. The smallest absolute Gasteiger partial charge is 0.262 e.